The summed E-state index contributed by atoms with van der Waals surface area (Å²) in [5.41, 5.74) is 1.06. The summed E-state index contributed by atoms with van der Waals surface area (Å²) >= 11 is 0. The maximum atomic E-state index is 13.3. The predicted molar refractivity (Wildman–Crippen MR) is 108 cm³/mol. The van der Waals surface area contributed by atoms with Gasteiger partial charge in [-0.15, -0.1) is 0 Å². The van der Waals surface area contributed by atoms with Crippen LogP contribution in [0.15, 0.2) is 54.6 Å². The Labute approximate surface area is 166 Å². The van der Waals surface area contributed by atoms with Crippen molar-refractivity contribution in [3.8, 4) is 5.75 Å². The minimum absolute atomic E-state index is 0.272. The van der Waals surface area contributed by atoms with Crippen LogP contribution in [0.1, 0.15) is 43.5 Å². The highest BCUT2D eigenvalue weighted by Crippen LogP contribution is 2.39. The minimum Gasteiger partial charge on any atom is -0.487 e. The summed E-state index contributed by atoms with van der Waals surface area (Å²) in [5, 5.41) is 3.06. The van der Waals surface area contributed by atoms with E-state index < -0.39 is 21.7 Å². The lowest BCUT2D eigenvalue weighted by Gasteiger charge is -2.38. The topological polar surface area (TPSA) is 75.7 Å². The third-order valence-corrected chi connectivity index (χ3v) is 6.20. The highest BCUT2D eigenvalue weighted by atomic mass is 32.2. The van der Waals surface area contributed by atoms with Crippen LogP contribution in [-0.4, -0.2) is 37.5 Å². The Balaban J connectivity index is 1.94. The molecule has 1 aliphatic heterocycles. The van der Waals surface area contributed by atoms with Crippen molar-refractivity contribution in [2.24, 2.45) is 0 Å². The van der Waals surface area contributed by atoms with Gasteiger partial charge in [0, 0.05) is 19.0 Å². The Hall–Kier alpha value is -2.38. The number of carbonyl (C=O) groups excluding carboxylic acids is 1. The maximum Gasteiger partial charge on any atom is 0.243 e. The second-order valence-electron chi connectivity index (χ2n) is 7.76. The van der Waals surface area contributed by atoms with Gasteiger partial charge in [0.2, 0.25) is 15.9 Å². The minimum atomic E-state index is -3.57. The van der Waals surface area contributed by atoms with Crippen LogP contribution in [0.3, 0.4) is 0 Å². The lowest BCUT2D eigenvalue weighted by Crippen LogP contribution is -2.46. The average Bonchev–Trinajstić information content (AvgIpc) is 2.61. The number of likely N-dealkylation sites (N-methyl/N-ethyl adjacent to an activating group) is 1. The largest absolute Gasteiger partial charge is 0.487 e. The first-order valence-corrected chi connectivity index (χ1v) is 11.0. The number of hydrogen-bond donors (Lipinski definition) is 1. The van der Waals surface area contributed by atoms with Crippen LogP contribution in [-0.2, 0) is 14.8 Å². The van der Waals surface area contributed by atoms with Crippen molar-refractivity contribution in [1.29, 1.82) is 0 Å². The van der Waals surface area contributed by atoms with Gasteiger partial charge < -0.3 is 10.1 Å². The van der Waals surface area contributed by atoms with Gasteiger partial charge in [0.25, 0.3) is 0 Å². The van der Waals surface area contributed by atoms with E-state index in [1.54, 1.807) is 24.3 Å². The number of para-hydroxylation sites is 1. The van der Waals surface area contributed by atoms with Gasteiger partial charge in [-0.05, 0) is 25.5 Å². The van der Waals surface area contributed by atoms with Gasteiger partial charge in [0.05, 0.1) is 12.3 Å². The number of fused-ring (bicyclic) bond motifs is 1. The lowest BCUT2D eigenvalue weighted by atomic mass is 9.89. The lowest BCUT2D eigenvalue weighted by molar-refractivity contribution is -0.126. The molecule has 1 N–H and O–H groups in total. The van der Waals surface area contributed by atoms with E-state index in [-0.39, 0.29) is 11.9 Å². The molecule has 1 heterocycles. The number of rotatable bonds is 5. The standard InChI is InChI=1S/C21H26N2O4S/c1-21(2)14-17(16-12-8-9-13-18(16)27-21)22-20(24)19(23(3)28(4,25)26)15-10-6-5-7-11-15/h5-13,17,19H,14H2,1-4H3,(H,22,24)/t17-,19-/m0/s1. The van der Waals surface area contributed by atoms with Gasteiger partial charge in [-0.1, -0.05) is 48.5 Å². The summed E-state index contributed by atoms with van der Waals surface area (Å²) in [4.78, 5) is 13.3. The van der Waals surface area contributed by atoms with E-state index in [9.17, 15) is 13.2 Å². The molecule has 0 saturated heterocycles. The Bertz CT molecular complexity index is 957. The molecule has 3 rings (SSSR count). The van der Waals surface area contributed by atoms with Gasteiger partial charge in [0.1, 0.15) is 17.4 Å². The molecule has 0 unspecified atom stereocenters. The van der Waals surface area contributed by atoms with Crippen molar-refractivity contribution < 1.29 is 17.9 Å². The molecule has 0 bridgehead atoms. The molecular formula is C21H26N2O4S. The van der Waals surface area contributed by atoms with Gasteiger partial charge in [-0.3, -0.25) is 4.79 Å². The number of carbonyl (C=O) groups is 1. The third kappa shape index (κ3) is 4.36. The zero-order valence-corrected chi connectivity index (χ0v) is 17.4. The molecule has 2 atom stereocenters. The van der Waals surface area contributed by atoms with Crippen LogP contribution in [0.25, 0.3) is 0 Å². The molecule has 0 aromatic heterocycles. The highest BCUT2D eigenvalue weighted by Gasteiger charge is 2.37. The van der Waals surface area contributed by atoms with Crippen molar-refractivity contribution in [2.75, 3.05) is 13.3 Å². The van der Waals surface area contributed by atoms with E-state index in [0.717, 1.165) is 21.9 Å². The first-order chi connectivity index (χ1) is 13.1. The third-order valence-electron chi connectivity index (χ3n) is 4.94. The van der Waals surface area contributed by atoms with E-state index in [2.05, 4.69) is 5.32 Å². The molecule has 7 heteroatoms. The summed E-state index contributed by atoms with van der Waals surface area (Å²) in [6, 6.07) is 15.3. The maximum absolute atomic E-state index is 13.3. The second kappa shape index (κ2) is 7.56. The number of benzene rings is 2. The molecule has 2 aromatic rings. The van der Waals surface area contributed by atoms with Crippen LogP contribution < -0.4 is 10.1 Å². The summed E-state index contributed by atoms with van der Waals surface area (Å²) in [5.74, 6) is 0.369. The van der Waals surface area contributed by atoms with Crippen molar-refractivity contribution >= 4 is 15.9 Å². The van der Waals surface area contributed by atoms with Crippen molar-refractivity contribution in [3.05, 3.63) is 65.7 Å². The van der Waals surface area contributed by atoms with Crippen LogP contribution in [0.4, 0.5) is 0 Å². The Morgan fingerprint density at radius 3 is 2.39 bits per heavy atom. The highest BCUT2D eigenvalue weighted by molar-refractivity contribution is 7.88. The Morgan fingerprint density at radius 2 is 1.75 bits per heavy atom. The fraction of sp³-hybridized carbons (Fsp3) is 0.381. The van der Waals surface area contributed by atoms with Gasteiger partial charge in [0.15, 0.2) is 0 Å². The Kier molecular flexibility index (Phi) is 5.50. The first kappa shape index (κ1) is 20.4. The molecule has 28 heavy (non-hydrogen) atoms. The number of nitrogens with zero attached hydrogens (tertiary/aromatic N) is 1. The van der Waals surface area contributed by atoms with E-state index in [1.807, 2.05) is 44.2 Å². The molecule has 6 nitrogen and oxygen atoms in total. The van der Waals surface area contributed by atoms with Crippen LogP contribution in [0.2, 0.25) is 0 Å². The molecule has 1 aliphatic rings. The summed E-state index contributed by atoms with van der Waals surface area (Å²) in [7, 11) is -2.15. The number of sulfonamides is 1. The smallest absolute Gasteiger partial charge is 0.243 e. The molecular weight excluding hydrogens is 376 g/mol. The molecule has 0 fully saturated rings. The van der Waals surface area contributed by atoms with Crippen molar-refractivity contribution in [2.45, 2.75) is 38.0 Å². The number of amides is 1. The molecule has 0 saturated carbocycles. The quantitative estimate of drug-likeness (QED) is 0.834. The molecule has 150 valence electrons. The summed E-state index contributed by atoms with van der Waals surface area (Å²) in [6.07, 6.45) is 1.68. The zero-order valence-electron chi connectivity index (χ0n) is 16.5. The molecule has 0 radical (unpaired) electrons. The van der Waals surface area contributed by atoms with Gasteiger partial charge in [-0.25, -0.2) is 8.42 Å². The fourth-order valence-electron chi connectivity index (χ4n) is 3.53. The van der Waals surface area contributed by atoms with E-state index in [1.165, 1.54) is 7.05 Å². The number of nitrogens with one attached hydrogen (secondary N) is 1. The van der Waals surface area contributed by atoms with Crippen molar-refractivity contribution in [3.63, 3.8) is 0 Å². The molecule has 0 spiro atoms. The molecule has 0 aliphatic carbocycles. The monoisotopic (exact) mass is 402 g/mol. The van der Waals surface area contributed by atoms with Gasteiger partial charge in [-0.2, -0.15) is 4.31 Å². The number of hydrogen-bond acceptors (Lipinski definition) is 4. The first-order valence-electron chi connectivity index (χ1n) is 9.15. The normalized spacial score (nSPS) is 19.4. The molecule has 2 aromatic carbocycles. The average molecular weight is 403 g/mol. The summed E-state index contributed by atoms with van der Waals surface area (Å²) in [6.45, 7) is 3.94. The molecule has 1 amide bonds. The van der Waals surface area contributed by atoms with Crippen LogP contribution >= 0.6 is 0 Å². The van der Waals surface area contributed by atoms with Crippen LogP contribution in [0.5, 0.6) is 5.75 Å². The van der Waals surface area contributed by atoms with E-state index >= 15 is 0 Å². The van der Waals surface area contributed by atoms with E-state index in [4.69, 9.17) is 4.74 Å². The number of ether oxygens (including phenoxy) is 1. The second-order valence-corrected chi connectivity index (χ2v) is 9.80. The van der Waals surface area contributed by atoms with Crippen molar-refractivity contribution in [1.82, 2.24) is 9.62 Å². The van der Waals surface area contributed by atoms with Crippen LogP contribution in [0, 0.1) is 0 Å². The van der Waals surface area contributed by atoms with Gasteiger partial charge >= 0.3 is 0 Å². The van der Waals surface area contributed by atoms with E-state index in [0.29, 0.717) is 12.0 Å². The zero-order chi connectivity index (χ0) is 20.5. The predicted octanol–water partition coefficient (Wildman–Crippen LogP) is 3.04. The Morgan fingerprint density at radius 1 is 1.14 bits per heavy atom. The fourth-order valence-corrected chi connectivity index (χ4v) is 4.14. The SMILES string of the molecule is CN([C@H](C(=O)N[C@H]1CC(C)(C)Oc2ccccc21)c1ccccc1)S(C)(=O)=O. The summed E-state index contributed by atoms with van der Waals surface area (Å²) < 4.78 is 31.5.